The van der Waals surface area contributed by atoms with Gasteiger partial charge >= 0.3 is 0 Å². The number of hydrogen-bond donors (Lipinski definition) is 1. The number of halogens is 1. The van der Waals surface area contributed by atoms with Gasteiger partial charge in [0.25, 0.3) is 0 Å². The molecular weight excluding hydrogens is 424 g/mol. The third kappa shape index (κ3) is 4.54. The van der Waals surface area contributed by atoms with Crippen molar-refractivity contribution < 1.29 is 17.6 Å². The fraction of sp³-hybridized carbons (Fsp3) is 0.0455. The number of nitrogens with two attached hydrogens (primary N) is 1. The summed E-state index contributed by atoms with van der Waals surface area (Å²) in [5, 5.41) is 5.81. The lowest BCUT2D eigenvalue weighted by atomic mass is 10.1. The lowest BCUT2D eigenvalue weighted by Gasteiger charge is -2.03. The monoisotopic (exact) mass is 440 g/mol. The van der Waals surface area contributed by atoms with E-state index in [1.807, 2.05) is 30.3 Å². The number of sulfonamides is 1. The summed E-state index contributed by atoms with van der Waals surface area (Å²) in [7, 11) is -3.78. The molecule has 0 spiro atoms. The van der Waals surface area contributed by atoms with E-state index in [9.17, 15) is 8.42 Å². The first-order valence-electron chi connectivity index (χ1n) is 8.97. The molecule has 4 aromatic rings. The SMILES string of the molecule is NS(=O)(=O)c1ccc(-c2oc(COc3ccc(Cl)cc3)nc2-c2ccccc2)cc1. The molecule has 0 amide bonds. The molecular formula is C22H17ClN2O4S. The Balaban J connectivity index is 1.68. The van der Waals surface area contributed by atoms with Gasteiger partial charge in [-0.3, -0.25) is 0 Å². The number of aromatic nitrogens is 1. The molecule has 0 unspecified atom stereocenters. The molecule has 1 aromatic heterocycles. The fourth-order valence-electron chi connectivity index (χ4n) is 2.89. The summed E-state index contributed by atoms with van der Waals surface area (Å²) >= 11 is 5.90. The van der Waals surface area contributed by atoms with E-state index < -0.39 is 10.0 Å². The maximum absolute atomic E-state index is 11.5. The van der Waals surface area contributed by atoms with Crippen molar-refractivity contribution >= 4 is 21.6 Å². The van der Waals surface area contributed by atoms with Gasteiger partial charge in [0.1, 0.15) is 11.4 Å². The zero-order valence-electron chi connectivity index (χ0n) is 15.7. The largest absolute Gasteiger partial charge is 0.484 e. The van der Waals surface area contributed by atoms with Gasteiger partial charge < -0.3 is 9.15 Å². The Hall–Kier alpha value is -3.13. The smallest absolute Gasteiger partial charge is 0.238 e. The maximum atomic E-state index is 11.5. The number of rotatable bonds is 6. The number of benzene rings is 3. The zero-order chi connectivity index (χ0) is 21.1. The molecule has 0 radical (unpaired) electrons. The third-order valence-electron chi connectivity index (χ3n) is 4.34. The van der Waals surface area contributed by atoms with E-state index in [2.05, 4.69) is 4.98 Å². The molecule has 6 nitrogen and oxygen atoms in total. The van der Waals surface area contributed by atoms with Gasteiger partial charge in [0.15, 0.2) is 12.4 Å². The average molecular weight is 441 g/mol. The minimum absolute atomic E-state index is 0.0262. The molecule has 30 heavy (non-hydrogen) atoms. The molecule has 0 atom stereocenters. The molecule has 8 heteroatoms. The summed E-state index contributed by atoms with van der Waals surface area (Å²) in [6.07, 6.45) is 0. The van der Waals surface area contributed by atoms with E-state index in [-0.39, 0.29) is 11.5 Å². The van der Waals surface area contributed by atoms with Crippen molar-refractivity contribution in [3.8, 4) is 28.3 Å². The van der Waals surface area contributed by atoms with Crippen LogP contribution in [0.4, 0.5) is 0 Å². The molecule has 0 saturated heterocycles. The van der Waals surface area contributed by atoms with Crippen LogP contribution < -0.4 is 9.88 Å². The zero-order valence-corrected chi connectivity index (χ0v) is 17.2. The van der Waals surface area contributed by atoms with Crippen LogP contribution in [0.25, 0.3) is 22.6 Å². The van der Waals surface area contributed by atoms with E-state index in [0.717, 1.165) is 5.56 Å². The van der Waals surface area contributed by atoms with Gasteiger partial charge in [0.2, 0.25) is 15.9 Å². The first-order chi connectivity index (χ1) is 14.4. The second kappa shape index (κ2) is 8.31. The number of primary sulfonamides is 1. The van der Waals surface area contributed by atoms with E-state index >= 15 is 0 Å². The van der Waals surface area contributed by atoms with Gasteiger partial charge in [0.05, 0.1) is 4.90 Å². The summed E-state index contributed by atoms with van der Waals surface area (Å²) < 4.78 is 34.8. The third-order valence-corrected chi connectivity index (χ3v) is 5.52. The van der Waals surface area contributed by atoms with Crippen LogP contribution in [0.1, 0.15) is 5.89 Å². The molecule has 0 aliphatic carbocycles. The Labute approximate surface area is 178 Å². The highest BCUT2D eigenvalue weighted by molar-refractivity contribution is 7.89. The molecule has 1 heterocycles. The maximum Gasteiger partial charge on any atom is 0.238 e. The number of oxazole rings is 1. The van der Waals surface area contributed by atoms with Crippen LogP contribution >= 0.6 is 11.6 Å². The highest BCUT2D eigenvalue weighted by Crippen LogP contribution is 2.33. The summed E-state index contributed by atoms with van der Waals surface area (Å²) in [6, 6.07) is 22.7. The Morgan fingerprint density at radius 2 is 1.57 bits per heavy atom. The normalized spacial score (nSPS) is 11.4. The molecule has 0 aliphatic rings. The standard InChI is InChI=1S/C22H17ClN2O4S/c23-17-8-10-18(11-9-17)28-14-20-25-21(15-4-2-1-3-5-15)22(29-20)16-6-12-19(13-7-16)30(24,26)27/h1-13H,14H2,(H2,24,26,27). The summed E-state index contributed by atoms with van der Waals surface area (Å²) in [6.45, 7) is 0.122. The molecule has 2 N–H and O–H groups in total. The molecule has 0 bridgehead atoms. The van der Waals surface area contributed by atoms with Gasteiger partial charge in [-0.1, -0.05) is 41.9 Å². The number of ether oxygens (including phenoxy) is 1. The topological polar surface area (TPSA) is 95.4 Å². The van der Waals surface area contributed by atoms with Crippen molar-refractivity contribution in [1.82, 2.24) is 4.98 Å². The van der Waals surface area contributed by atoms with Crippen molar-refractivity contribution in [2.75, 3.05) is 0 Å². The number of nitrogens with zero attached hydrogens (tertiary/aromatic N) is 1. The van der Waals surface area contributed by atoms with E-state index in [4.69, 9.17) is 25.9 Å². The van der Waals surface area contributed by atoms with Crippen molar-refractivity contribution in [2.24, 2.45) is 5.14 Å². The second-order valence-electron chi connectivity index (χ2n) is 6.46. The molecule has 0 saturated carbocycles. The van der Waals surface area contributed by atoms with Crippen molar-refractivity contribution in [3.63, 3.8) is 0 Å². The van der Waals surface area contributed by atoms with Crippen LogP contribution in [0.3, 0.4) is 0 Å². The number of hydrogen-bond acceptors (Lipinski definition) is 5. The van der Waals surface area contributed by atoms with E-state index in [1.165, 1.54) is 12.1 Å². The van der Waals surface area contributed by atoms with Gasteiger partial charge in [-0.15, -0.1) is 0 Å². The Kier molecular flexibility index (Phi) is 5.59. The minimum Gasteiger partial charge on any atom is -0.484 e. The highest BCUT2D eigenvalue weighted by Gasteiger charge is 2.18. The predicted molar refractivity (Wildman–Crippen MR) is 115 cm³/mol. The molecule has 152 valence electrons. The van der Waals surface area contributed by atoms with E-state index in [1.54, 1.807) is 36.4 Å². The summed E-state index contributed by atoms with van der Waals surface area (Å²) in [4.78, 5) is 4.63. The van der Waals surface area contributed by atoms with Crippen molar-refractivity contribution in [3.05, 3.63) is 89.8 Å². The lowest BCUT2D eigenvalue weighted by molar-refractivity contribution is 0.264. The van der Waals surface area contributed by atoms with Crippen LogP contribution in [0.15, 0.2) is 88.2 Å². The summed E-state index contributed by atoms with van der Waals surface area (Å²) in [5.41, 5.74) is 2.17. The molecule has 0 aliphatic heterocycles. The quantitative estimate of drug-likeness (QED) is 0.460. The van der Waals surface area contributed by atoms with Crippen LogP contribution in [0.5, 0.6) is 5.75 Å². The van der Waals surface area contributed by atoms with Crippen LogP contribution in [-0.2, 0) is 16.6 Å². The van der Waals surface area contributed by atoms with Gasteiger partial charge in [-0.25, -0.2) is 18.5 Å². The molecule has 3 aromatic carbocycles. The highest BCUT2D eigenvalue weighted by atomic mass is 35.5. The Morgan fingerprint density at radius 1 is 0.900 bits per heavy atom. The molecule has 0 fully saturated rings. The summed E-state index contributed by atoms with van der Waals surface area (Å²) in [5.74, 6) is 1.53. The van der Waals surface area contributed by atoms with Crippen LogP contribution in [0.2, 0.25) is 5.02 Å². The minimum atomic E-state index is -3.78. The van der Waals surface area contributed by atoms with Gasteiger partial charge in [0, 0.05) is 16.1 Å². The predicted octanol–water partition coefficient (Wildman–Crippen LogP) is 4.89. The molecule has 4 rings (SSSR count). The fourth-order valence-corrected chi connectivity index (χ4v) is 3.53. The first kappa shape index (κ1) is 20.2. The van der Waals surface area contributed by atoms with Crippen LogP contribution in [0, 0.1) is 0 Å². The lowest BCUT2D eigenvalue weighted by Crippen LogP contribution is -2.11. The Morgan fingerprint density at radius 3 is 2.20 bits per heavy atom. The Bertz CT molecular complexity index is 1250. The second-order valence-corrected chi connectivity index (χ2v) is 8.46. The van der Waals surface area contributed by atoms with Crippen LogP contribution in [-0.4, -0.2) is 13.4 Å². The van der Waals surface area contributed by atoms with Gasteiger partial charge in [-0.05, 0) is 48.5 Å². The van der Waals surface area contributed by atoms with Crippen molar-refractivity contribution in [1.29, 1.82) is 0 Å². The average Bonchev–Trinajstić information content (AvgIpc) is 3.18. The van der Waals surface area contributed by atoms with E-state index in [0.29, 0.717) is 33.7 Å². The first-order valence-corrected chi connectivity index (χ1v) is 10.9. The van der Waals surface area contributed by atoms with Gasteiger partial charge in [-0.2, -0.15) is 0 Å². The van der Waals surface area contributed by atoms with Crippen molar-refractivity contribution in [2.45, 2.75) is 11.5 Å².